The quantitative estimate of drug-likeness (QED) is 0.460. The van der Waals surface area contributed by atoms with Crippen molar-refractivity contribution in [3.05, 3.63) is 48.0 Å². The van der Waals surface area contributed by atoms with E-state index in [1.807, 2.05) is 45.0 Å². The van der Waals surface area contributed by atoms with Crippen LogP contribution >= 0.6 is 11.6 Å². The first-order valence-electron chi connectivity index (χ1n) is 5.95. The Hall–Kier alpha value is -1.28. The van der Waals surface area contributed by atoms with E-state index in [0.717, 1.165) is 11.1 Å². The lowest BCUT2D eigenvalue weighted by Gasteiger charge is -2.22. The lowest BCUT2D eigenvalue weighted by atomic mass is 9.93. The third-order valence-corrected chi connectivity index (χ3v) is 2.85. The Morgan fingerprint density at radius 3 is 2.67 bits per heavy atom. The predicted octanol–water partition coefficient (Wildman–Crippen LogP) is 3.82. The number of hydrogen-bond acceptors (Lipinski definition) is 2. The average Bonchev–Trinajstić information content (AvgIpc) is 2.27. The molecule has 0 N–H and O–H groups in total. The van der Waals surface area contributed by atoms with Crippen molar-refractivity contribution >= 4 is 17.6 Å². The molecule has 98 valence electrons. The van der Waals surface area contributed by atoms with Gasteiger partial charge < -0.3 is 4.74 Å². The lowest BCUT2D eigenvalue weighted by Crippen LogP contribution is -2.19. The van der Waals surface area contributed by atoms with Crippen LogP contribution in [0.5, 0.6) is 0 Å². The third kappa shape index (κ3) is 4.19. The Labute approximate surface area is 114 Å². The number of halogens is 1. The maximum Gasteiger partial charge on any atom is 0.330 e. The number of ether oxygens (including phenoxy) is 1. The molecule has 18 heavy (non-hydrogen) atoms. The number of rotatable bonds is 5. The third-order valence-electron chi connectivity index (χ3n) is 2.65. The highest BCUT2D eigenvalue weighted by molar-refractivity contribution is 6.23. The molecule has 0 saturated carbocycles. The molecule has 2 nitrogen and oxygen atoms in total. The second kappa shape index (κ2) is 6.05. The standard InChI is InChI=1S/C15H19ClO2/c1-5-14(17)18-11(2)10-12-8-6-7-9-13(12)15(3,4)16/h5-9,11H,1,10H2,2-4H3. The van der Waals surface area contributed by atoms with Gasteiger partial charge in [-0.3, -0.25) is 0 Å². The minimum absolute atomic E-state index is 0.198. The number of carbonyl (C=O) groups is 1. The Morgan fingerprint density at radius 2 is 2.11 bits per heavy atom. The van der Waals surface area contributed by atoms with Gasteiger partial charge in [-0.1, -0.05) is 30.8 Å². The molecule has 0 bridgehead atoms. The molecule has 1 unspecified atom stereocenters. The Balaban J connectivity index is 2.84. The summed E-state index contributed by atoms with van der Waals surface area (Å²) in [6, 6.07) is 7.94. The molecule has 0 saturated heterocycles. The zero-order valence-corrected chi connectivity index (χ0v) is 11.8. The van der Waals surface area contributed by atoms with Gasteiger partial charge in [0, 0.05) is 12.5 Å². The fraction of sp³-hybridized carbons (Fsp3) is 0.400. The number of carbonyl (C=O) groups excluding carboxylic acids is 1. The summed E-state index contributed by atoms with van der Waals surface area (Å²) in [6.07, 6.45) is 1.62. The van der Waals surface area contributed by atoms with Crippen molar-refractivity contribution in [1.82, 2.24) is 0 Å². The highest BCUT2D eigenvalue weighted by Gasteiger charge is 2.21. The van der Waals surface area contributed by atoms with Crippen molar-refractivity contribution in [3.8, 4) is 0 Å². The van der Waals surface area contributed by atoms with Crippen molar-refractivity contribution in [2.45, 2.75) is 38.2 Å². The maximum atomic E-state index is 11.1. The number of hydrogen-bond donors (Lipinski definition) is 0. The molecule has 0 amide bonds. The van der Waals surface area contributed by atoms with E-state index in [0.29, 0.717) is 6.42 Å². The van der Waals surface area contributed by atoms with Gasteiger partial charge in [-0.2, -0.15) is 0 Å². The van der Waals surface area contributed by atoms with Crippen LogP contribution in [0.4, 0.5) is 0 Å². The molecule has 0 spiro atoms. The molecule has 0 heterocycles. The fourth-order valence-corrected chi connectivity index (χ4v) is 2.06. The van der Waals surface area contributed by atoms with Crippen molar-refractivity contribution in [1.29, 1.82) is 0 Å². The Kier molecular flexibility index (Phi) is 4.97. The van der Waals surface area contributed by atoms with E-state index in [9.17, 15) is 4.79 Å². The number of benzene rings is 1. The normalized spacial score (nSPS) is 12.9. The first-order valence-corrected chi connectivity index (χ1v) is 6.32. The number of alkyl halides is 1. The van der Waals surface area contributed by atoms with Crippen molar-refractivity contribution in [3.63, 3.8) is 0 Å². The summed E-state index contributed by atoms with van der Waals surface area (Å²) >= 11 is 6.36. The van der Waals surface area contributed by atoms with Crippen molar-refractivity contribution < 1.29 is 9.53 Å². The van der Waals surface area contributed by atoms with Crippen LogP contribution in [0.15, 0.2) is 36.9 Å². The molecule has 1 aromatic rings. The van der Waals surface area contributed by atoms with Crippen LogP contribution in [-0.4, -0.2) is 12.1 Å². The van der Waals surface area contributed by atoms with Gasteiger partial charge in [0.1, 0.15) is 6.10 Å². The lowest BCUT2D eigenvalue weighted by molar-refractivity contribution is -0.142. The second-order valence-electron chi connectivity index (χ2n) is 4.79. The summed E-state index contributed by atoms with van der Waals surface area (Å²) in [6.45, 7) is 9.15. The van der Waals surface area contributed by atoms with Gasteiger partial charge in [0.15, 0.2) is 0 Å². The summed E-state index contributed by atoms with van der Waals surface area (Å²) in [4.78, 5) is 10.7. The largest absolute Gasteiger partial charge is 0.459 e. The molecule has 1 atom stereocenters. The summed E-state index contributed by atoms with van der Waals surface area (Å²) in [5.74, 6) is -0.398. The van der Waals surface area contributed by atoms with Gasteiger partial charge in [0.05, 0.1) is 4.87 Å². The van der Waals surface area contributed by atoms with Crippen LogP contribution in [0.2, 0.25) is 0 Å². The van der Waals surface area contributed by atoms with E-state index in [1.54, 1.807) is 0 Å². The SMILES string of the molecule is C=CC(=O)OC(C)Cc1ccccc1C(C)(C)Cl. The topological polar surface area (TPSA) is 26.3 Å². The van der Waals surface area contributed by atoms with E-state index in [4.69, 9.17) is 16.3 Å². The van der Waals surface area contributed by atoms with Crippen LogP contribution in [0.3, 0.4) is 0 Å². The molecule has 0 aliphatic carbocycles. The second-order valence-corrected chi connectivity index (χ2v) is 5.73. The minimum Gasteiger partial charge on any atom is -0.459 e. The van der Waals surface area contributed by atoms with Gasteiger partial charge in [-0.15, -0.1) is 11.6 Å². The van der Waals surface area contributed by atoms with Gasteiger partial charge >= 0.3 is 5.97 Å². The molecule has 1 aromatic carbocycles. The highest BCUT2D eigenvalue weighted by atomic mass is 35.5. The summed E-state index contributed by atoms with van der Waals surface area (Å²) in [5.41, 5.74) is 2.16. The molecule has 3 heteroatoms. The van der Waals surface area contributed by atoms with Gasteiger partial charge in [-0.25, -0.2) is 4.79 Å². The zero-order valence-electron chi connectivity index (χ0n) is 11.1. The minimum atomic E-state index is -0.432. The highest BCUT2D eigenvalue weighted by Crippen LogP contribution is 2.31. The first kappa shape index (κ1) is 14.8. The molecular formula is C15H19ClO2. The monoisotopic (exact) mass is 266 g/mol. The zero-order chi connectivity index (χ0) is 13.8. The maximum absolute atomic E-state index is 11.1. The van der Waals surface area contributed by atoms with E-state index in [1.165, 1.54) is 6.08 Å². The number of esters is 1. The van der Waals surface area contributed by atoms with Crippen LogP contribution in [0.25, 0.3) is 0 Å². The molecule has 0 radical (unpaired) electrons. The van der Waals surface area contributed by atoms with Crippen molar-refractivity contribution in [2.24, 2.45) is 0 Å². The van der Waals surface area contributed by atoms with E-state index < -0.39 is 10.8 Å². The van der Waals surface area contributed by atoms with E-state index in [-0.39, 0.29) is 6.10 Å². The molecule has 0 aromatic heterocycles. The van der Waals surface area contributed by atoms with Crippen LogP contribution < -0.4 is 0 Å². The van der Waals surface area contributed by atoms with Crippen molar-refractivity contribution in [2.75, 3.05) is 0 Å². The van der Waals surface area contributed by atoms with Crippen LogP contribution in [0, 0.1) is 0 Å². The molecular weight excluding hydrogens is 248 g/mol. The Bertz CT molecular complexity index is 432. The van der Waals surface area contributed by atoms with Gasteiger partial charge in [0.25, 0.3) is 0 Å². The fourth-order valence-electron chi connectivity index (χ4n) is 1.88. The van der Waals surface area contributed by atoms with Crippen LogP contribution in [-0.2, 0) is 20.8 Å². The molecule has 1 rings (SSSR count). The molecule has 0 aliphatic rings. The molecule has 0 fully saturated rings. The Morgan fingerprint density at radius 1 is 1.50 bits per heavy atom. The summed E-state index contributed by atoms with van der Waals surface area (Å²) < 4.78 is 5.17. The smallest absolute Gasteiger partial charge is 0.330 e. The average molecular weight is 267 g/mol. The first-order chi connectivity index (χ1) is 8.34. The molecule has 0 aliphatic heterocycles. The summed E-state index contributed by atoms with van der Waals surface area (Å²) in [5, 5.41) is 0. The van der Waals surface area contributed by atoms with Crippen LogP contribution in [0.1, 0.15) is 31.9 Å². The van der Waals surface area contributed by atoms with Gasteiger partial charge in [0.2, 0.25) is 0 Å². The van der Waals surface area contributed by atoms with E-state index >= 15 is 0 Å². The predicted molar refractivity (Wildman–Crippen MR) is 74.8 cm³/mol. The van der Waals surface area contributed by atoms with Gasteiger partial charge in [-0.05, 0) is 31.9 Å². The summed E-state index contributed by atoms with van der Waals surface area (Å²) in [7, 11) is 0. The van der Waals surface area contributed by atoms with E-state index in [2.05, 4.69) is 6.58 Å².